The van der Waals surface area contributed by atoms with Crippen LogP contribution in [-0.4, -0.2) is 28.7 Å². The van der Waals surface area contributed by atoms with Crippen molar-refractivity contribution in [1.82, 2.24) is 0 Å². The van der Waals surface area contributed by atoms with Crippen LogP contribution >= 0.6 is 0 Å². The molecule has 3 rings (SSSR count). The number of hydrogen-bond acceptors (Lipinski definition) is 3. The molecule has 142 valence electrons. The van der Waals surface area contributed by atoms with Crippen molar-refractivity contribution >= 4 is 0 Å². The summed E-state index contributed by atoms with van der Waals surface area (Å²) in [6.45, 7) is 13.7. The molecular weight excluding hydrogens is 312 g/mol. The van der Waals surface area contributed by atoms with Gasteiger partial charge in [0, 0.05) is 24.9 Å². The van der Waals surface area contributed by atoms with Crippen molar-refractivity contribution in [2.45, 2.75) is 85.5 Å². The van der Waals surface area contributed by atoms with Gasteiger partial charge in [0.15, 0.2) is 5.79 Å². The van der Waals surface area contributed by atoms with Crippen molar-refractivity contribution in [2.75, 3.05) is 6.61 Å². The van der Waals surface area contributed by atoms with E-state index in [1.54, 1.807) is 5.57 Å². The maximum absolute atomic E-state index is 10.8. The first kappa shape index (κ1) is 19.1. The number of ether oxygens (including phenoxy) is 1. The second kappa shape index (κ2) is 6.51. The first-order chi connectivity index (χ1) is 11.6. The van der Waals surface area contributed by atoms with Crippen molar-refractivity contribution < 1.29 is 14.9 Å². The summed E-state index contributed by atoms with van der Waals surface area (Å²) in [5.41, 5.74) is 5.87. The molecule has 6 atom stereocenters. The van der Waals surface area contributed by atoms with Gasteiger partial charge >= 0.3 is 0 Å². The third kappa shape index (κ3) is 3.02. The van der Waals surface area contributed by atoms with Gasteiger partial charge < -0.3 is 14.9 Å². The van der Waals surface area contributed by atoms with Crippen LogP contribution in [0.15, 0.2) is 22.3 Å². The van der Waals surface area contributed by atoms with Gasteiger partial charge in [-0.1, -0.05) is 31.9 Å². The average molecular weight is 349 g/mol. The second-order valence-corrected chi connectivity index (χ2v) is 9.19. The third-order valence-electron chi connectivity index (χ3n) is 7.57. The lowest BCUT2D eigenvalue weighted by Crippen LogP contribution is -2.48. The molecule has 0 aliphatic heterocycles. The number of aliphatic hydroxyl groups excluding tert-OH is 1. The SMILES string of the molecule is CCOC1(O)CCC2=C(C[C@@H](C)C3C2=C(C)C[C@](C)(C(C)O)C3C)C1. The van der Waals surface area contributed by atoms with Crippen molar-refractivity contribution in [2.24, 2.45) is 23.2 Å². The summed E-state index contributed by atoms with van der Waals surface area (Å²) < 4.78 is 5.68. The number of allylic oxidation sites excluding steroid dienone is 3. The lowest BCUT2D eigenvalue weighted by atomic mass is 9.52. The molecule has 0 bridgehead atoms. The fourth-order valence-corrected chi connectivity index (χ4v) is 5.99. The van der Waals surface area contributed by atoms with Crippen LogP contribution in [-0.2, 0) is 4.74 Å². The lowest BCUT2D eigenvalue weighted by Gasteiger charge is -2.53. The summed E-state index contributed by atoms with van der Waals surface area (Å²) >= 11 is 0. The first-order valence-corrected chi connectivity index (χ1v) is 10.1. The predicted molar refractivity (Wildman–Crippen MR) is 101 cm³/mol. The van der Waals surface area contributed by atoms with Gasteiger partial charge in [-0.3, -0.25) is 0 Å². The van der Waals surface area contributed by atoms with E-state index in [4.69, 9.17) is 4.74 Å². The zero-order chi connectivity index (χ0) is 18.6. The molecule has 25 heavy (non-hydrogen) atoms. The molecule has 3 nitrogen and oxygen atoms in total. The van der Waals surface area contributed by atoms with Crippen LogP contribution in [0.5, 0.6) is 0 Å². The molecule has 3 aliphatic carbocycles. The van der Waals surface area contributed by atoms with Crippen molar-refractivity contribution in [3.05, 3.63) is 22.3 Å². The Balaban J connectivity index is 2.03. The summed E-state index contributed by atoms with van der Waals surface area (Å²) in [6.07, 6.45) is 3.99. The molecule has 3 aliphatic rings. The zero-order valence-electron chi connectivity index (χ0n) is 16.9. The van der Waals surface area contributed by atoms with E-state index in [0.717, 1.165) is 19.3 Å². The second-order valence-electron chi connectivity index (χ2n) is 9.19. The van der Waals surface area contributed by atoms with Crippen LogP contribution in [0.4, 0.5) is 0 Å². The normalized spacial score (nSPS) is 43.0. The van der Waals surface area contributed by atoms with E-state index in [0.29, 0.717) is 37.2 Å². The minimum Gasteiger partial charge on any atom is -0.393 e. The predicted octanol–water partition coefficient (Wildman–Crippen LogP) is 4.59. The monoisotopic (exact) mass is 348 g/mol. The van der Waals surface area contributed by atoms with Gasteiger partial charge in [0.05, 0.1) is 6.10 Å². The van der Waals surface area contributed by atoms with Crippen molar-refractivity contribution in [1.29, 1.82) is 0 Å². The van der Waals surface area contributed by atoms with E-state index in [2.05, 4.69) is 27.7 Å². The van der Waals surface area contributed by atoms with E-state index in [9.17, 15) is 10.2 Å². The Hall–Kier alpha value is -0.640. The van der Waals surface area contributed by atoms with Crippen LogP contribution in [0.1, 0.15) is 73.6 Å². The molecule has 0 fully saturated rings. The van der Waals surface area contributed by atoms with Crippen molar-refractivity contribution in [3.8, 4) is 0 Å². The smallest absolute Gasteiger partial charge is 0.169 e. The molecule has 4 unspecified atom stereocenters. The average Bonchev–Trinajstić information content (AvgIpc) is 2.51. The van der Waals surface area contributed by atoms with Crippen LogP contribution in [0, 0.1) is 23.2 Å². The largest absolute Gasteiger partial charge is 0.393 e. The molecule has 0 heterocycles. The topological polar surface area (TPSA) is 49.7 Å². The van der Waals surface area contributed by atoms with Gasteiger partial charge in [-0.25, -0.2) is 0 Å². The summed E-state index contributed by atoms with van der Waals surface area (Å²) in [7, 11) is 0. The Morgan fingerprint density at radius 1 is 1.28 bits per heavy atom. The Bertz CT molecular complexity index is 602. The van der Waals surface area contributed by atoms with Gasteiger partial charge in [0.2, 0.25) is 0 Å². The van der Waals surface area contributed by atoms with Gasteiger partial charge in [-0.05, 0) is 68.9 Å². The fourth-order valence-electron chi connectivity index (χ4n) is 5.99. The molecule has 0 radical (unpaired) electrons. The zero-order valence-corrected chi connectivity index (χ0v) is 16.9. The maximum Gasteiger partial charge on any atom is 0.169 e. The molecule has 2 N–H and O–H groups in total. The molecule has 0 saturated heterocycles. The molecule has 0 saturated carbocycles. The van der Waals surface area contributed by atoms with Crippen LogP contribution < -0.4 is 0 Å². The Labute approximate surface area is 153 Å². The van der Waals surface area contributed by atoms with Crippen LogP contribution in [0.3, 0.4) is 0 Å². The first-order valence-electron chi connectivity index (χ1n) is 10.1. The fraction of sp³-hybridized carbons (Fsp3) is 0.818. The molecule has 0 aromatic rings. The summed E-state index contributed by atoms with van der Waals surface area (Å²) in [5.74, 6) is 0.553. The van der Waals surface area contributed by atoms with E-state index in [1.807, 2.05) is 13.8 Å². The standard InChI is InChI=1S/C22H36O3/c1-7-25-22(24)9-8-18-17(12-22)10-13(2)19-15(4)21(6,16(5)23)11-14(3)20(18)19/h13,15-16,19,23-24H,7-12H2,1-6H3/t13-,15?,16?,19?,21+,22?/m1/s1. The van der Waals surface area contributed by atoms with Gasteiger partial charge in [-0.2, -0.15) is 0 Å². The maximum atomic E-state index is 10.8. The number of rotatable bonds is 3. The minimum absolute atomic E-state index is 0.0503. The number of fused-ring (bicyclic) bond motifs is 2. The number of aliphatic hydroxyl groups is 2. The molecule has 0 spiro atoms. The Morgan fingerprint density at radius 3 is 2.56 bits per heavy atom. The Kier molecular flexibility index (Phi) is 4.98. The van der Waals surface area contributed by atoms with Gasteiger partial charge in [-0.15, -0.1) is 0 Å². The highest BCUT2D eigenvalue weighted by molar-refractivity contribution is 5.47. The molecule has 3 heteroatoms. The van der Waals surface area contributed by atoms with Gasteiger partial charge in [0.1, 0.15) is 0 Å². The van der Waals surface area contributed by atoms with Crippen LogP contribution in [0.25, 0.3) is 0 Å². The summed E-state index contributed by atoms with van der Waals surface area (Å²) in [6, 6.07) is 0. The van der Waals surface area contributed by atoms with E-state index in [-0.39, 0.29) is 11.5 Å². The lowest BCUT2D eigenvalue weighted by molar-refractivity contribution is -0.206. The third-order valence-corrected chi connectivity index (χ3v) is 7.57. The van der Waals surface area contributed by atoms with Crippen molar-refractivity contribution in [3.63, 3.8) is 0 Å². The van der Waals surface area contributed by atoms with E-state index >= 15 is 0 Å². The highest BCUT2D eigenvalue weighted by atomic mass is 16.6. The minimum atomic E-state index is -0.969. The highest BCUT2D eigenvalue weighted by Crippen LogP contribution is 2.58. The van der Waals surface area contributed by atoms with Gasteiger partial charge in [0.25, 0.3) is 0 Å². The quantitative estimate of drug-likeness (QED) is 0.733. The summed E-state index contributed by atoms with van der Waals surface area (Å²) in [5, 5.41) is 21.2. The molecule has 0 amide bonds. The van der Waals surface area contributed by atoms with E-state index in [1.165, 1.54) is 16.7 Å². The molecule has 0 aromatic heterocycles. The highest BCUT2D eigenvalue weighted by Gasteiger charge is 2.50. The Morgan fingerprint density at radius 2 is 1.96 bits per heavy atom. The molecular formula is C22H36O3. The molecule has 0 aromatic carbocycles. The number of hydrogen-bond donors (Lipinski definition) is 2. The van der Waals surface area contributed by atoms with E-state index < -0.39 is 5.79 Å². The summed E-state index contributed by atoms with van der Waals surface area (Å²) in [4.78, 5) is 0. The van der Waals surface area contributed by atoms with Crippen LogP contribution in [0.2, 0.25) is 0 Å².